The van der Waals surface area contributed by atoms with Crippen molar-refractivity contribution in [3.05, 3.63) is 48.5 Å². The Labute approximate surface area is 138 Å². The molecule has 0 fully saturated rings. The maximum atomic E-state index is 12.6. The molecule has 0 saturated carbocycles. The van der Waals surface area contributed by atoms with Crippen molar-refractivity contribution in [3.8, 4) is 11.1 Å². The number of nitrogen functional groups attached to an aromatic ring is 1. The van der Waals surface area contributed by atoms with Crippen molar-refractivity contribution >= 4 is 28.1 Å². The standard InChI is InChI=1S/C16H20N2O2S.ClH/c1-16(2,3)18-21(19,20)15-7-5-4-6-14(15)12-8-10-13(17)11-9-12;/h4-11,18H,17H2,1-3H3;1H. The molecule has 0 unspecified atom stereocenters. The molecule has 0 saturated heterocycles. The number of hydrogen-bond donors (Lipinski definition) is 2. The van der Waals surface area contributed by atoms with Gasteiger partial charge in [0.25, 0.3) is 0 Å². The maximum absolute atomic E-state index is 12.6. The highest BCUT2D eigenvalue weighted by Crippen LogP contribution is 2.28. The van der Waals surface area contributed by atoms with E-state index in [1.807, 2.05) is 39.0 Å². The number of hydrogen-bond acceptors (Lipinski definition) is 3. The van der Waals surface area contributed by atoms with Gasteiger partial charge in [0, 0.05) is 16.8 Å². The smallest absolute Gasteiger partial charge is 0.241 e. The van der Waals surface area contributed by atoms with Gasteiger partial charge in [-0.1, -0.05) is 30.3 Å². The molecule has 2 aromatic rings. The van der Waals surface area contributed by atoms with Gasteiger partial charge in [0.1, 0.15) is 0 Å². The molecule has 0 spiro atoms. The van der Waals surface area contributed by atoms with Gasteiger partial charge in [0.2, 0.25) is 10.0 Å². The van der Waals surface area contributed by atoms with Crippen LogP contribution >= 0.6 is 12.4 Å². The van der Waals surface area contributed by atoms with Gasteiger partial charge in [0.05, 0.1) is 4.90 Å². The summed E-state index contributed by atoms with van der Waals surface area (Å²) in [7, 11) is -3.59. The van der Waals surface area contributed by atoms with Gasteiger partial charge in [-0.15, -0.1) is 12.4 Å². The molecule has 0 atom stereocenters. The van der Waals surface area contributed by atoms with Crippen LogP contribution in [0, 0.1) is 0 Å². The molecule has 0 aliphatic carbocycles. The molecule has 0 aromatic heterocycles. The number of rotatable bonds is 3. The molecule has 0 aliphatic heterocycles. The fourth-order valence-corrected chi connectivity index (χ4v) is 3.71. The van der Waals surface area contributed by atoms with E-state index in [4.69, 9.17) is 5.73 Å². The highest BCUT2D eigenvalue weighted by Gasteiger charge is 2.24. The Bertz CT molecular complexity index is 735. The summed E-state index contributed by atoms with van der Waals surface area (Å²) in [6.07, 6.45) is 0. The molecular weight excluding hydrogens is 320 g/mol. The first kappa shape index (κ1) is 18.5. The third-order valence-corrected chi connectivity index (χ3v) is 4.65. The summed E-state index contributed by atoms with van der Waals surface area (Å²) in [5.74, 6) is 0. The predicted molar refractivity (Wildman–Crippen MR) is 93.6 cm³/mol. The van der Waals surface area contributed by atoms with Gasteiger partial charge >= 0.3 is 0 Å². The number of sulfonamides is 1. The average Bonchev–Trinajstić information content (AvgIpc) is 2.37. The Balaban J connectivity index is 0.00000242. The highest BCUT2D eigenvalue weighted by atomic mass is 35.5. The first-order chi connectivity index (χ1) is 9.69. The van der Waals surface area contributed by atoms with E-state index in [-0.39, 0.29) is 17.3 Å². The van der Waals surface area contributed by atoms with E-state index in [2.05, 4.69) is 4.72 Å². The lowest BCUT2D eigenvalue weighted by molar-refractivity contribution is 0.491. The van der Waals surface area contributed by atoms with E-state index in [9.17, 15) is 8.42 Å². The Hall–Kier alpha value is -1.56. The molecule has 0 bridgehead atoms. The monoisotopic (exact) mass is 340 g/mol. The van der Waals surface area contributed by atoms with Crippen LogP contribution < -0.4 is 10.5 Å². The second kappa shape index (κ2) is 6.69. The van der Waals surface area contributed by atoms with Crippen molar-refractivity contribution in [3.63, 3.8) is 0 Å². The number of nitrogens with two attached hydrogens (primary N) is 1. The van der Waals surface area contributed by atoms with E-state index < -0.39 is 15.6 Å². The lowest BCUT2D eigenvalue weighted by Gasteiger charge is -2.21. The molecule has 0 heterocycles. The van der Waals surface area contributed by atoms with E-state index in [0.717, 1.165) is 5.56 Å². The van der Waals surface area contributed by atoms with Gasteiger partial charge in [-0.3, -0.25) is 0 Å². The number of nitrogens with one attached hydrogen (secondary N) is 1. The third kappa shape index (κ3) is 4.47. The molecule has 3 N–H and O–H groups in total. The van der Waals surface area contributed by atoms with Crippen LogP contribution in [-0.2, 0) is 10.0 Å². The lowest BCUT2D eigenvalue weighted by atomic mass is 10.1. The number of halogens is 1. The molecule has 0 aliphatic rings. The van der Waals surface area contributed by atoms with E-state index in [0.29, 0.717) is 11.3 Å². The van der Waals surface area contributed by atoms with Crippen molar-refractivity contribution in [1.82, 2.24) is 4.72 Å². The van der Waals surface area contributed by atoms with Crippen molar-refractivity contribution < 1.29 is 8.42 Å². The fourth-order valence-electron chi connectivity index (χ4n) is 2.06. The maximum Gasteiger partial charge on any atom is 0.241 e. The predicted octanol–water partition coefficient (Wildman–Crippen LogP) is 3.43. The summed E-state index contributed by atoms with van der Waals surface area (Å²) in [6.45, 7) is 5.45. The van der Waals surface area contributed by atoms with Gasteiger partial charge in [-0.25, -0.2) is 13.1 Å². The van der Waals surface area contributed by atoms with Gasteiger partial charge in [0.15, 0.2) is 0 Å². The summed E-state index contributed by atoms with van der Waals surface area (Å²) in [5.41, 5.74) is 7.27. The van der Waals surface area contributed by atoms with Crippen LogP contribution in [0.3, 0.4) is 0 Å². The Morgan fingerprint density at radius 2 is 1.50 bits per heavy atom. The van der Waals surface area contributed by atoms with Crippen LogP contribution in [0.1, 0.15) is 20.8 Å². The van der Waals surface area contributed by atoms with Crippen molar-refractivity contribution in [2.45, 2.75) is 31.2 Å². The molecule has 6 heteroatoms. The topological polar surface area (TPSA) is 72.2 Å². The molecule has 0 amide bonds. The average molecular weight is 341 g/mol. The number of benzene rings is 2. The highest BCUT2D eigenvalue weighted by molar-refractivity contribution is 7.89. The van der Waals surface area contributed by atoms with Gasteiger partial charge in [-0.05, 0) is 44.5 Å². The lowest BCUT2D eigenvalue weighted by Crippen LogP contribution is -2.40. The van der Waals surface area contributed by atoms with E-state index >= 15 is 0 Å². The minimum Gasteiger partial charge on any atom is -0.399 e. The molecule has 2 aromatic carbocycles. The molecule has 0 radical (unpaired) electrons. The normalized spacial score (nSPS) is 11.8. The van der Waals surface area contributed by atoms with E-state index in [1.165, 1.54) is 0 Å². The van der Waals surface area contributed by atoms with Crippen molar-refractivity contribution in [1.29, 1.82) is 0 Å². The Morgan fingerprint density at radius 1 is 0.955 bits per heavy atom. The van der Waals surface area contributed by atoms with E-state index in [1.54, 1.807) is 30.3 Å². The molecule has 120 valence electrons. The summed E-state index contributed by atoms with van der Waals surface area (Å²) < 4.78 is 27.8. The quantitative estimate of drug-likeness (QED) is 0.841. The van der Waals surface area contributed by atoms with Gasteiger partial charge < -0.3 is 5.73 Å². The van der Waals surface area contributed by atoms with Crippen LogP contribution in [0.15, 0.2) is 53.4 Å². The third-order valence-electron chi connectivity index (χ3n) is 2.84. The summed E-state index contributed by atoms with van der Waals surface area (Å²) in [6, 6.07) is 14.1. The van der Waals surface area contributed by atoms with Crippen molar-refractivity contribution in [2.75, 3.05) is 5.73 Å². The molecule has 22 heavy (non-hydrogen) atoms. The second-order valence-corrected chi connectivity index (χ2v) is 7.62. The Morgan fingerprint density at radius 3 is 2.05 bits per heavy atom. The Kier molecular flexibility index (Phi) is 5.62. The van der Waals surface area contributed by atoms with Crippen LogP contribution in [-0.4, -0.2) is 14.0 Å². The minimum atomic E-state index is -3.59. The molecular formula is C16H21ClN2O2S. The van der Waals surface area contributed by atoms with Crippen LogP contribution in [0.5, 0.6) is 0 Å². The molecule has 2 rings (SSSR count). The zero-order valence-electron chi connectivity index (χ0n) is 12.8. The summed E-state index contributed by atoms with van der Waals surface area (Å²) >= 11 is 0. The van der Waals surface area contributed by atoms with Crippen LogP contribution in [0.25, 0.3) is 11.1 Å². The minimum absolute atomic E-state index is 0. The van der Waals surface area contributed by atoms with Gasteiger partial charge in [-0.2, -0.15) is 0 Å². The zero-order valence-corrected chi connectivity index (χ0v) is 14.5. The summed E-state index contributed by atoms with van der Waals surface area (Å²) in [5, 5.41) is 0. The fraction of sp³-hybridized carbons (Fsp3) is 0.250. The first-order valence-corrected chi connectivity index (χ1v) is 8.16. The number of anilines is 1. The second-order valence-electron chi connectivity index (χ2n) is 5.97. The summed E-state index contributed by atoms with van der Waals surface area (Å²) in [4.78, 5) is 0.268. The largest absolute Gasteiger partial charge is 0.399 e. The SMILES string of the molecule is CC(C)(C)NS(=O)(=O)c1ccccc1-c1ccc(N)cc1.Cl. The molecule has 4 nitrogen and oxygen atoms in total. The zero-order chi connectivity index (χ0) is 15.7. The van der Waals surface area contributed by atoms with Crippen molar-refractivity contribution in [2.24, 2.45) is 0 Å². The van der Waals surface area contributed by atoms with Crippen LogP contribution in [0.4, 0.5) is 5.69 Å². The van der Waals surface area contributed by atoms with Crippen LogP contribution in [0.2, 0.25) is 0 Å². The first-order valence-electron chi connectivity index (χ1n) is 6.68.